The number of benzene rings is 1. The Kier molecular flexibility index (Phi) is 6.52. The van der Waals surface area contributed by atoms with E-state index in [1.54, 1.807) is 38.1 Å². The maximum Gasteiger partial charge on any atom is 0.243 e. The van der Waals surface area contributed by atoms with Gasteiger partial charge in [-0.25, -0.2) is 13.4 Å². The maximum atomic E-state index is 12.6. The highest BCUT2D eigenvalue weighted by Crippen LogP contribution is 2.27. The van der Waals surface area contributed by atoms with Crippen molar-refractivity contribution < 1.29 is 18.0 Å². The monoisotopic (exact) mass is 430 g/mol. The molecule has 2 heterocycles. The van der Waals surface area contributed by atoms with Gasteiger partial charge in [0.1, 0.15) is 5.82 Å². The summed E-state index contributed by atoms with van der Waals surface area (Å²) in [5, 5.41) is 2.76. The van der Waals surface area contributed by atoms with Crippen molar-refractivity contribution in [2.75, 3.05) is 29.9 Å². The van der Waals surface area contributed by atoms with Crippen LogP contribution in [0.2, 0.25) is 0 Å². The molecule has 2 aromatic rings. The van der Waals surface area contributed by atoms with E-state index < -0.39 is 15.9 Å². The molecule has 1 aromatic carbocycles. The number of nitrogens with zero attached hydrogens (tertiary/aromatic N) is 3. The molecular formula is C21H26N4O4S. The number of hydrogen-bond donors (Lipinski definition) is 1. The molecule has 30 heavy (non-hydrogen) atoms. The molecule has 0 bridgehead atoms. The number of hydrogen-bond acceptors (Lipinski definition) is 5. The predicted octanol–water partition coefficient (Wildman–Crippen LogP) is 2.41. The molecule has 1 aliphatic rings. The van der Waals surface area contributed by atoms with Crippen LogP contribution >= 0.6 is 0 Å². The summed E-state index contributed by atoms with van der Waals surface area (Å²) in [5.41, 5.74) is 1.36. The van der Waals surface area contributed by atoms with Crippen LogP contribution in [0.5, 0.6) is 0 Å². The molecule has 9 heteroatoms. The summed E-state index contributed by atoms with van der Waals surface area (Å²) >= 11 is 0. The lowest BCUT2D eigenvalue weighted by Gasteiger charge is -2.20. The number of anilines is 2. The van der Waals surface area contributed by atoms with E-state index in [-0.39, 0.29) is 29.7 Å². The number of aromatic nitrogens is 1. The van der Waals surface area contributed by atoms with Crippen molar-refractivity contribution in [3.63, 3.8) is 0 Å². The van der Waals surface area contributed by atoms with Gasteiger partial charge >= 0.3 is 0 Å². The van der Waals surface area contributed by atoms with Crippen molar-refractivity contribution in [1.29, 1.82) is 0 Å². The lowest BCUT2D eigenvalue weighted by Crippen LogP contribution is -2.31. The third-order valence-corrected chi connectivity index (χ3v) is 7.19. The van der Waals surface area contributed by atoms with Crippen molar-refractivity contribution in [2.45, 2.75) is 32.1 Å². The minimum atomic E-state index is -3.56. The molecule has 2 amide bonds. The quantitative estimate of drug-likeness (QED) is 0.727. The smallest absolute Gasteiger partial charge is 0.243 e. The van der Waals surface area contributed by atoms with Gasteiger partial charge in [-0.15, -0.1) is 0 Å². The summed E-state index contributed by atoms with van der Waals surface area (Å²) in [6.45, 7) is 6.42. The predicted molar refractivity (Wildman–Crippen MR) is 115 cm³/mol. The number of carbonyl (C=O) groups excluding carboxylic acids is 2. The number of nitrogens with one attached hydrogen (secondary N) is 1. The van der Waals surface area contributed by atoms with E-state index in [0.29, 0.717) is 24.6 Å². The fourth-order valence-electron chi connectivity index (χ4n) is 3.48. The molecule has 8 nitrogen and oxygen atoms in total. The molecule has 0 radical (unpaired) electrons. The molecule has 1 fully saturated rings. The molecule has 3 rings (SSSR count). The van der Waals surface area contributed by atoms with Crippen LogP contribution in [0.1, 0.15) is 26.0 Å². The van der Waals surface area contributed by atoms with Crippen molar-refractivity contribution >= 4 is 33.3 Å². The first-order valence-electron chi connectivity index (χ1n) is 9.91. The molecule has 1 saturated heterocycles. The summed E-state index contributed by atoms with van der Waals surface area (Å²) in [5.74, 6) is -0.480. The Hall–Kier alpha value is -2.78. The van der Waals surface area contributed by atoms with E-state index in [1.807, 2.05) is 13.0 Å². The number of carbonyl (C=O) groups is 2. The molecular weight excluding hydrogens is 404 g/mol. The third-order valence-electron chi connectivity index (χ3n) is 5.13. The molecule has 1 atom stereocenters. The number of aryl methyl sites for hydroxylation is 1. The normalized spacial score (nSPS) is 16.9. The lowest BCUT2D eigenvalue weighted by atomic mass is 10.1. The van der Waals surface area contributed by atoms with Crippen molar-refractivity contribution in [3.8, 4) is 0 Å². The van der Waals surface area contributed by atoms with E-state index in [9.17, 15) is 18.0 Å². The number of sulfonamides is 1. The van der Waals surface area contributed by atoms with Crippen LogP contribution in [0.25, 0.3) is 0 Å². The lowest BCUT2D eigenvalue weighted by molar-refractivity contribution is -0.122. The molecule has 1 aromatic heterocycles. The largest absolute Gasteiger partial charge is 0.312 e. The van der Waals surface area contributed by atoms with Crippen LogP contribution in [0.3, 0.4) is 0 Å². The highest BCUT2D eigenvalue weighted by Gasteiger charge is 2.35. The fraction of sp³-hybridized carbons (Fsp3) is 0.381. The van der Waals surface area contributed by atoms with E-state index in [1.165, 1.54) is 21.3 Å². The van der Waals surface area contributed by atoms with Gasteiger partial charge < -0.3 is 10.2 Å². The highest BCUT2D eigenvalue weighted by atomic mass is 32.2. The Bertz CT molecular complexity index is 1030. The number of pyridine rings is 1. The zero-order valence-electron chi connectivity index (χ0n) is 17.3. The zero-order chi connectivity index (χ0) is 21.9. The van der Waals surface area contributed by atoms with Gasteiger partial charge in [0.05, 0.1) is 10.8 Å². The molecule has 1 aliphatic heterocycles. The van der Waals surface area contributed by atoms with Crippen LogP contribution in [0, 0.1) is 12.8 Å². The van der Waals surface area contributed by atoms with Gasteiger partial charge in [-0.3, -0.25) is 9.59 Å². The first-order valence-corrected chi connectivity index (χ1v) is 11.3. The van der Waals surface area contributed by atoms with Gasteiger partial charge in [-0.05, 0) is 43.3 Å². The standard InChI is InChI=1S/C21H26N4O4S/c1-4-24(5-2)30(28,29)18-11-9-17(10-12-18)25-14-16(13-20(25)26)21(27)23-19-8-6-7-15(3)22-19/h6-12,16H,4-5,13-14H2,1-3H3,(H,22,23,27)/t16-/m0/s1. The summed E-state index contributed by atoms with van der Waals surface area (Å²) in [7, 11) is -3.56. The topological polar surface area (TPSA) is 99.7 Å². The van der Waals surface area contributed by atoms with Gasteiger partial charge in [0.2, 0.25) is 21.8 Å². The molecule has 0 saturated carbocycles. The van der Waals surface area contributed by atoms with Crippen molar-refractivity contribution in [3.05, 3.63) is 48.2 Å². The Morgan fingerprint density at radius 1 is 1.17 bits per heavy atom. The minimum absolute atomic E-state index is 0.0944. The van der Waals surface area contributed by atoms with Crippen LogP contribution < -0.4 is 10.2 Å². The average molecular weight is 431 g/mol. The van der Waals surface area contributed by atoms with Crippen LogP contribution in [0.15, 0.2) is 47.4 Å². The number of amides is 2. The minimum Gasteiger partial charge on any atom is -0.312 e. The summed E-state index contributed by atoms with van der Waals surface area (Å²) < 4.78 is 26.6. The Balaban J connectivity index is 1.71. The number of rotatable bonds is 7. The van der Waals surface area contributed by atoms with E-state index in [2.05, 4.69) is 10.3 Å². The second kappa shape index (κ2) is 8.93. The van der Waals surface area contributed by atoms with Gasteiger partial charge in [-0.2, -0.15) is 4.31 Å². The molecule has 0 unspecified atom stereocenters. The zero-order valence-corrected chi connectivity index (χ0v) is 18.1. The third kappa shape index (κ3) is 4.52. The Morgan fingerprint density at radius 2 is 1.83 bits per heavy atom. The van der Waals surface area contributed by atoms with Gasteiger partial charge in [0, 0.05) is 37.4 Å². The second-order valence-corrected chi connectivity index (χ2v) is 9.08. The Labute approximate surface area is 177 Å². The summed E-state index contributed by atoms with van der Waals surface area (Å²) in [6.07, 6.45) is 0.0944. The first-order chi connectivity index (χ1) is 14.3. The van der Waals surface area contributed by atoms with E-state index in [0.717, 1.165) is 5.69 Å². The van der Waals surface area contributed by atoms with Gasteiger partial charge in [-0.1, -0.05) is 19.9 Å². The SMILES string of the molecule is CCN(CC)S(=O)(=O)c1ccc(N2C[C@@H](C(=O)Nc3cccc(C)n3)CC2=O)cc1. The second-order valence-electron chi connectivity index (χ2n) is 7.14. The fourth-order valence-corrected chi connectivity index (χ4v) is 4.94. The van der Waals surface area contributed by atoms with Crippen molar-refractivity contribution in [1.82, 2.24) is 9.29 Å². The van der Waals surface area contributed by atoms with E-state index in [4.69, 9.17) is 0 Å². The van der Waals surface area contributed by atoms with Crippen LogP contribution in [-0.2, 0) is 19.6 Å². The Morgan fingerprint density at radius 3 is 2.43 bits per heavy atom. The maximum absolute atomic E-state index is 12.6. The first kappa shape index (κ1) is 21.9. The van der Waals surface area contributed by atoms with Gasteiger partial charge in [0.15, 0.2) is 0 Å². The molecule has 160 valence electrons. The van der Waals surface area contributed by atoms with Gasteiger partial charge in [0.25, 0.3) is 0 Å². The summed E-state index contributed by atoms with van der Waals surface area (Å²) in [4.78, 5) is 31.0. The van der Waals surface area contributed by atoms with Crippen LogP contribution in [0.4, 0.5) is 11.5 Å². The van der Waals surface area contributed by atoms with E-state index >= 15 is 0 Å². The summed E-state index contributed by atoms with van der Waals surface area (Å²) in [6, 6.07) is 11.6. The van der Waals surface area contributed by atoms with Crippen molar-refractivity contribution in [2.24, 2.45) is 5.92 Å². The molecule has 1 N–H and O–H groups in total. The molecule has 0 spiro atoms. The average Bonchev–Trinajstić information content (AvgIpc) is 3.11. The van der Waals surface area contributed by atoms with Crippen LogP contribution in [-0.4, -0.2) is 49.2 Å². The highest BCUT2D eigenvalue weighted by molar-refractivity contribution is 7.89. The molecule has 0 aliphatic carbocycles.